The van der Waals surface area contributed by atoms with Crippen LogP contribution in [0.25, 0.3) is 0 Å². The highest BCUT2D eigenvalue weighted by Crippen LogP contribution is 2.37. The van der Waals surface area contributed by atoms with Gasteiger partial charge in [0.2, 0.25) is 0 Å². The van der Waals surface area contributed by atoms with Gasteiger partial charge in [0.15, 0.2) is 0 Å². The summed E-state index contributed by atoms with van der Waals surface area (Å²) in [6, 6.07) is 20.4. The molecule has 2 aromatic rings. The lowest BCUT2D eigenvalue weighted by atomic mass is 9.90. The average molecular weight is 338 g/mol. The van der Waals surface area contributed by atoms with Crippen LogP contribution in [0.5, 0.6) is 0 Å². The largest absolute Gasteiger partial charge is 0.444 e. The molecule has 0 bridgehead atoms. The number of hydrogen-bond donors (Lipinski definition) is 1. The fourth-order valence-corrected chi connectivity index (χ4v) is 3.28. The van der Waals surface area contributed by atoms with E-state index < -0.39 is 5.60 Å². The molecular formula is C21H26N2O2. The number of amides is 1. The van der Waals surface area contributed by atoms with Gasteiger partial charge >= 0.3 is 6.09 Å². The minimum absolute atomic E-state index is 0.0323. The number of rotatable bonds is 2. The van der Waals surface area contributed by atoms with Crippen molar-refractivity contribution < 1.29 is 9.53 Å². The summed E-state index contributed by atoms with van der Waals surface area (Å²) in [7, 11) is 0. The zero-order valence-corrected chi connectivity index (χ0v) is 15.1. The van der Waals surface area contributed by atoms with Gasteiger partial charge in [-0.1, -0.05) is 60.7 Å². The number of nitrogens with zero attached hydrogens (tertiary/aromatic N) is 1. The van der Waals surface area contributed by atoms with E-state index in [1.54, 1.807) is 0 Å². The highest BCUT2D eigenvalue weighted by Gasteiger charge is 2.38. The minimum Gasteiger partial charge on any atom is -0.444 e. The number of piperazine rings is 1. The van der Waals surface area contributed by atoms with Crippen LogP contribution >= 0.6 is 0 Å². The molecule has 1 saturated heterocycles. The highest BCUT2D eigenvalue weighted by atomic mass is 16.6. The van der Waals surface area contributed by atoms with Crippen LogP contribution in [0.4, 0.5) is 4.79 Å². The summed E-state index contributed by atoms with van der Waals surface area (Å²) in [6.07, 6.45) is -0.260. The number of benzene rings is 2. The van der Waals surface area contributed by atoms with E-state index in [0.717, 1.165) is 12.1 Å². The maximum Gasteiger partial charge on any atom is 0.410 e. The fraction of sp³-hybridized carbons (Fsp3) is 0.381. The summed E-state index contributed by atoms with van der Waals surface area (Å²) in [4.78, 5) is 14.7. The Morgan fingerprint density at radius 1 is 1.00 bits per heavy atom. The molecule has 1 fully saturated rings. The number of nitrogens with one attached hydrogen (secondary N) is 1. The van der Waals surface area contributed by atoms with E-state index in [1.807, 2.05) is 62.1 Å². The Morgan fingerprint density at radius 2 is 1.56 bits per heavy atom. The van der Waals surface area contributed by atoms with Crippen molar-refractivity contribution in [1.29, 1.82) is 0 Å². The molecule has 4 nitrogen and oxygen atoms in total. The third kappa shape index (κ3) is 4.20. The summed E-state index contributed by atoms with van der Waals surface area (Å²) in [6.45, 7) is 7.07. The molecule has 4 heteroatoms. The molecular weight excluding hydrogens is 312 g/mol. The van der Waals surface area contributed by atoms with Crippen LogP contribution in [0.2, 0.25) is 0 Å². The molecule has 132 valence electrons. The van der Waals surface area contributed by atoms with E-state index in [9.17, 15) is 4.79 Å². The van der Waals surface area contributed by atoms with Gasteiger partial charge in [-0.2, -0.15) is 0 Å². The number of carbonyl (C=O) groups excluding carboxylic acids is 1. The third-order valence-corrected chi connectivity index (χ3v) is 4.30. The molecule has 1 amide bonds. The quantitative estimate of drug-likeness (QED) is 0.887. The number of carbonyl (C=O) groups is 1. The van der Waals surface area contributed by atoms with Crippen LogP contribution in [-0.4, -0.2) is 29.7 Å². The van der Waals surface area contributed by atoms with Crippen molar-refractivity contribution in [3.05, 3.63) is 71.8 Å². The van der Waals surface area contributed by atoms with Gasteiger partial charge in [-0.25, -0.2) is 4.79 Å². The van der Waals surface area contributed by atoms with Crippen molar-refractivity contribution in [1.82, 2.24) is 10.2 Å². The van der Waals surface area contributed by atoms with Crippen LogP contribution < -0.4 is 5.32 Å². The molecule has 1 heterocycles. The van der Waals surface area contributed by atoms with Crippen LogP contribution in [0.1, 0.15) is 44.0 Å². The summed E-state index contributed by atoms with van der Waals surface area (Å²) >= 11 is 0. The normalized spacial score (nSPS) is 21.0. The lowest BCUT2D eigenvalue weighted by molar-refractivity contribution is 0.00502. The van der Waals surface area contributed by atoms with Gasteiger partial charge in [0.05, 0.1) is 12.1 Å². The molecule has 0 unspecified atom stereocenters. The van der Waals surface area contributed by atoms with E-state index in [-0.39, 0.29) is 18.2 Å². The van der Waals surface area contributed by atoms with E-state index >= 15 is 0 Å². The van der Waals surface area contributed by atoms with Crippen molar-refractivity contribution in [2.45, 2.75) is 38.5 Å². The maximum absolute atomic E-state index is 12.9. The Hall–Kier alpha value is -2.33. The lowest BCUT2D eigenvalue weighted by Gasteiger charge is -2.42. The Balaban J connectivity index is 1.97. The summed E-state index contributed by atoms with van der Waals surface area (Å²) in [5.41, 5.74) is 1.77. The summed E-state index contributed by atoms with van der Waals surface area (Å²) < 4.78 is 5.67. The maximum atomic E-state index is 12.9. The highest BCUT2D eigenvalue weighted by molar-refractivity contribution is 5.69. The second-order valence-corrected chi connectivity index (χ2v) is 7.37. The number of ether oxygens (including phenoxy) is 1. The van der Waals surface area contributed by atoms with Crippen molar-refractivity contribution >= 4 is 6.09 Å². The Labute approximate surface area is 149 Å². The van der Waals surface area contributed by atoms with E-state index in [0.29, 0.717) is 6.54 Å². The van der Waals surface area contributed by atoms with E-state index in [4.69, 9.17) is 4.74 Å². The molecule has 0 aromatic heterocycles. The lowest BCUT2D eigenvalue weighted by Crippen LogP contribution is -2.51. The van der Waals surface area contributed by atoms with Gasteiger partial charge in [0.1, 0.15) is 5.60 Å². The average Bonchev–Trinajstić information content (AvgIpc) is 2.61. The Kier molecular flexibility index (Phi) is 5.09. The smallest absolute Gasteiger partial charge is 0.410 e. The molecule has 0 spiro atoms. The Bertz CT molecular complexity index is 695. The van der Waals surface area contributed by atoms with Gasteiger partial charge in [-0.3, -0.25) is 4.90 Å². The monoisotopic (exact) mass is 338 g/mol. The van der Waals surface area contributed by atoms with Crippen LogP contribution in [0.3, 0.4) is 0 Å². The van der Waals surface area contributed by atoms with Gasteiger partial charge in [0.25, 0.3) is 0 Å². The molecule has 1 aliphatic heterocycles. The molecule has 1 N–H and O–H groups in total. The van der Waals surface area contributed by atoms with Crippen molar-refractivity contribution in [3.63, 3.8) is 0 Å². The molecule has 2 aromatic carbocycles. The van der Waals surface area contributed by atoms with Gasteiger partial charge in [0, 0.05) is 13.1 Å². The van der Waals surface area contributed by atoms with Gasteiger partial charge in [-0.05, 0) is 31.9 Å². The molecule has 1 aliphatic rings. The van der Waals surface area contributed by atoms with E-state index in [1.165, 1.54) is 5.56 Å². The van der Waals surface area contributed by atoms with E-state index in [2.05, 4.69) is 29.6 Å². The Morgan fingerprint density at radius 3 is 2.12 bits per heavy atom. The first-order valence-corrected chi connectivity index (χ1v) is 8.78. The van der Waals surface area contributed by atoms with Gasteiger partial charge in [-0.15, -0.1) is 0 Å². The van der Waals surface area contributed by atoms with Crippen LogP contribution in [0, 0.1) is 0 Å². The zero-order valence-electron chi connectivity index (χ0n) is 15.1. The number of hydrogen-bond acceptors (Lipinski definition) is 3. The molecule has 0 aliphatic carbocycles. The first-order valence-electron chi connectivity index (χ1n) is 8.78. The standard InChI is InChI=1S/C21H26N2O2/c1-21(2,3)25-20(24)23-15-14-22-18(16-10-6-4-7-11-16)19(23)17-12-8-5-9-13-17/h4-13,18-19,22H,14-15H2,1-3H3/t18-,19+/m0/s1. The zero-order chi connectivity index (χ0) is 17.9. The fourth-order valence-electron chi connectivity index (χ4n) is 3.28. The molecule has 2 atom stereocenters. The first kappa shape index (κ1) is 17.5. The summed E-state index contributed by atoms with van der Waals surface area (Å²) in [5, 5.41) is 3.58. The van der Waals surface area contributed by atoms with Crippen molar-refractivity contribution in [3.8, 4) is 0 Å². The SMILES string of the molecule is CC(C)(C)OC(=O)N1CCN[C@@H](c2ccccc2)[C@H]1c1ccccc1. The predicted octanol–water partition coefficient (Wildman–Crippen LogP) is 4.31. The topological polar surface area (TPSA) is 41.6 Å². The summed E-state index contributed by atoms with van der Waals surface area (Å²) in [5.74, 6) is 0. The second-order valence-electron chi connectivity index (χ2n) is 7.37. The van der Waals surface area contributed by atoms with Crippen LogP contribution in [-0.2, 0) is 4.74 Å². The molecule has 25 heavy (non-hydrogen) atoms. The van der Waals surface area contributed by atoms with Gasteiger partial charge < -0.3 is 10.1 Å². The minimum atomic E-state index is -0.508. The molecule has 3 rings (SSSR count). The third-order valence-electron chi connectivity index (χ3n) is 4.30. The van der Waals surface area contributed by atoms with Crippen LogP contribution in [0.15, 0.2) is 60.7 Å². The van der Waals surface area contributed by atoms with Crippen molar-refractivity contribution in [2.75, 3.05) is 13.1 Å². The molecule has 0 radical (unpaired) electrons. The first-order chi connectivity index (χ1) is 12.0. The second kappa shape index (κ2) is 7.28. The van der Waals surface area contributed by atoms with Crippen molar-refractivity contribution in [2.24, 2.45) is 0 Å². The molecule has 0 saturated carbocycles. The predicted molar refractivity (Wildman–Crippen MR) is 99.3 cm³/mol.